The first-order valence-corrected chi connectivity index (χ1v) is 9.71. The van der Waals surface area contributed by atoms with Crippen LogP contribution in [0.15, 0.2) is 42.7 Å². The van der Waals surface area contributed by atoms with Gasteiger partial charge in [0.1, 0.15) is 11.4 Å². The van der Waals surface area contributed by atoms with Crippen molar-refractivity contribution in [1.82, 2.24) is 20.0 Å². The topological polar surface area (TPSA) is 76.5 Å². The highest BCUT2D eigenvalue weighted by atomic mass is 19.1. The number of halogens is 1. The molecule has 0 aliphatic carbocycles. The Morgan fingerprint density at radius 3 is 2.62 bits per heavy atom. The number of hydrogen-bond donors (Lipinski definition) is 1. The Kier molecular flexibility index (Phi) is 6.20. The molecule has 1 aliphatic rings. The van der Waals surface area contributed by atoms with E-state index in [0.29, 0.717) is 18.7 Å². The Bertz CT molecular complexity index is 842. The van der Waals surface area contributed by atoms with Crippen molar-refractivity contribution in [3.05, 3.63) is 54.1 Å². The maximum absolute atomic E-state index is 14.1. The van der Waals surface area contributed by atoms with Gasteiger partial charge >= 0.3 is 6.09 Å². The van der Waals surface area contributed by atoms with Crippen molar-refractivity contribution in [2.45, 2.75) is 51.3 Å². The maximum Gasteiger partial charge on any atom is 0.407 e. The predicted octanol–water partition coefficient (Wildman–Crippen LogP) is 2.93. The average molecular weight is 402 g/mol. The second-order valence-electron chi connectivity index (χ2n) is 8.28. The molecule has 1 aliphatic heterocycles. The lowest BCUT2D eigenvalue weighted by molar-refractivity contribution is -0.137. The van der Waals surface area contributed by atoms with Crippen LogP contribution in [-0.4, -0.2) is 51.4 Å². The van der Waals surface area contributed by atoms with Crippen LogP contribution < -0.4 is 5.32 Å². The van der Waals surface area contributed by atoms with Crippen molar-refractivity contribution >= 4 is 12.0 Å². The largest absolute Gasteiger partial charge is 0.444 e. The fourth-order valence-corrected chi connectivity index (χ4v) is 3.24. The first kappa shape index (κ1) is 20.8. The molecule has 1 saturated heterocycles. The van der Waals surface area contributed by atoms with E-state index in [1.54, 1.807) is 50.1 Å². The summed E-state index contributed by atoms with van der Waals surface area (Å²) in [6.07, 6.45) is 3.23. The summed E-state index contributed by atoms with van der Waals surface area (Å²) < 4.78 is 21.2. The van der Waals surface area contributed by atoms with Crippen LogP contribution >= 0.6 is 0 Å². The van der Waals surface area contributed by atoms with Gasteiger partial charge in [-0.15, -0.1) is 0 Å². The molecule has 1 aromatic heterocycles. The molecule has 2 aromatic rings. The first-order valence-electron chi connectivity index (χ1n) is 9.71. The molecule has 156 valence electrons. The summed E-state index contributed by atoms with van der Waals surface area (Å²) in [5.41, 5.74) is -0.218. The van der Waals surface area contributed by atoms with Crippen molar-refractivity contribution in [2.24, 2.45) is 0 Å². The van der Waals surface area contributed by atoms with Gasteiger partial charge in [-0.05, 0) is 44.9 Å². The number of likely N-dealkylation sites (tertiary alicyclic amines) is 1. The van der Waals surface area contributed by atoms with Crippen molar-refractivity contribution in [3.8, 4) is 0 Å². The quantitative estimate of drug-likeness (QED) is 0.806. The second-order valence-corrected chi connectivity index (χ2v) is 8.28. The summed E-state index contributed by atoms with van der Waals surface area (Å²) in [5.74, 6) is -0.454. The number of nitrogens with one attached hydrogen (secondary N) is 1. The Labute approximate surface area is 169 Å². The van der Waals surface area contributed by atoms with Crippen molar-refractivity contribution in [3.63, 3.8) is 0 Å². The van der Waals surface area contributed by atoms with E-state index in [4.69, 9.17) is 4.74 Å². The molecule has 1 N–H and O–H groups in total. The molecule has 0 radical (unpaired) electrons. The molecule has 1 aromatic carbocycles. The van der Waals surface area contributed by atoms with E-state index in [-0.39, 0.29) is 30.6 Å². The third-order valence-corrected chi connectivity index (χ3v) is 4.68. The molecule has 29 heavy (non-hydrogen) atoms. The molecule has 3 rings (SSSR count). The van der Waals surface area contributed by atoms with E-state index in [1.807, 2.05) is 16.9 Å². The van der Waals surface area contributed by atoms with E-state index in [1.165, 1.54) is 6.07 Å². The number of hydrogen-bond acceptors (Lipinski definition) is 4. The molecule has 1 unspecified atom stereocenters. The van der Waals surface area contributed by atoms with Crippen LogP contribution in [0.25, 0.3) is 0 Å². The van der Waals surface area contributed by atoms with Gasteiger partial charge in [-0.3, -0.25) is 9.48 Å². The van der Waals surface area contributed by atoms with E-state index >= 15 is 0 Å². The van der Waals surface area contributed by atoms with Gasteiger partial charge in [0.05, 0.1) is 6.04 Å². The normalized spacial score (nSPS) is 15.5. The van der Waals surface area contributed by atoms with E-state index in [2.05, 4.69) is 10.4 Å². The van der Waals surface area contributed by atoms with E-state index in [9.17, 15) is 14.0 Å². The Balaban J connectivity index is 1.62. The van der Waals surface area contributed by atoms with Crippen LogP contribution in [0.2, 0.25) is 0 Å². The molecule has 1 fully saturated rings. The lowest BCUT2D eigenvalue weighted by atomic mass is 10.0. The number of rotatable bonds is 6. The summed E-state index contributed by atoms with van der Waals surface area (Å²) in [5, 5.41) is 6.92. The molecule has 0 saturated carbocycles. The molecule has 2 heterocycles. The smallest absolute Gasteiger partial charge is 0.407 e. The van der Waals surface area contributed by atoms with E-state index in [0.717, 1.165) is 0 Å². The third kappa shape index (κ3) is 5.79. The number of alkyl carbamates (subject to hydrolysis) is 1. The fourth-order valence-electron chi connectivity index (χ4n) is 3.24. The van der Waals surface area contributed by atoms with Crippen molar-refractivity contribution in [2.75, 3.05) is 13.1 Å². The average Bonchev–Trinajstić information content (AvgIpc) is 3.07. The predicted molar refractivity (Wildman–Crippen MR) is 106 cm³/mol. The van der Waals surface area contributed by atoms with Crippen LogP contribution in [0.3, 0.4) is 0 Å². The zero-order valence-corrected chi connectivity index (χ0v) is 17.0. The minimum Gasteiger partial charge on any atom is -0.444 e. The van der Waals surface area contributed by atoms with Crippen LogP contribution in [0, 0.1) is 5.82 Å². The first-order chi connectivity index (χ1) is 13.7. The molecule has 2 amide bonds. The molecule has 7 nitrogen and oxygen atoms in total. The minimum atomic E-state index is -0.662. The Morgan fingerprint density at radius 2 is 2.00 bits per heavy atom. The maximum atomic E-state index is 14.1. The van der Waals surface area contributed by atoms with Crippen LogP contribution in [-0.2, 0) is 16.0 Å². The van der Waals surface area contributed by atoms with Gasteiger partial charge in [-0.1, -0.05) is 18.2 Å². The summed E-state index contributed by atoms with van der Waals surface area (Å²) in [6.45, 7) is 6.43. The lowest BCUT2D eigenvalue weighted by Crippen LogP contribution is -2.52. The highest BCUT2D eigenvalue weighted by Crippen LogP contribution is 2.22. The summed E-state index contributed by atoms with van der Waals surface area (Å²) >= 11 is 0. The minimum absolute atomic E-state index is 0.0689. The molecule has 0 bridgehead atoms. The number of aromatic nitrogens is 2. The van der Waals surface area contributed by atoms with Crippen LogP contribution in [0.5, 0.6) is 0 Å². The fraction of sp³-hybridized carbons (Fsp3) is 0.476. The standard InChI is InChI=1S/C21H27FN4O3/c1-21(2,3)29-20(28)24-16(11-15-7-4-5-8-18(15)22)12-19(27)25-13-17(14-25)26-10-6-9-23-26/h4-10,16-17H,11-14H2,1-3H3,(H,24,28). The Morgan fingerprint density at radius 1 is 1.28 bits per heavy atom. The number of benzene rings is 1. The van der Waals surface area contributed by atoms with Gasteiger partial charge in [-0.2, -0.15) is 5.10 Å². The summed E-state index contributed by atoms with van der Waals surface area (Å²) in [4.78, 5) is 26.6. The molecular formula is C21H27FN4O3. The lowest BCUT2D eigenvalue weighted by Gasteiger charge is -2.40. The van der Waals surface area contributed by atoms with Crippen molar-refractivity contribution < 1.29 is 18.7 Å². The SMILES string of the molecule is CC(C)(C)OC(=O)NC(CC(=O)N1CC(n2cccn2)C1)Cc1ccccc1F. The molecule has 0 spiro atoms. The van der Waals surface area contributed by atoms with E-state index < -0.39 is 17.7 Å². The molecular weight excluding hydrogens is 375 g/mol. The Hall–Kier alpha value is -2.90. The highest BCUT2D eigenvalue weighted by molar-refractivity contribution is 5.78. The van der Waals surface area contributed by atoms with Gasteiger partial charge in [-0.25, -0.2) is 9.18 Å². The van der Waals surface area contributed by atoms with Gasteiger partial charge < -0.3 is 15.0 Å². The number of carbonyl (C=O) groups is 2. The van der Waals surface area contributed by atoms with Gasteiger partial charge in [0.2, 0.25) is 5.91 Å². The zero-order valence-electron chi connectivity index (χ0n) is 17.0. The van der Waals surface area contributed by atoms with Crippen LogP contribution in [0.4, 0.5) is 9.18 Å². The molecule has 1 atom stereocenters. The monoisotopic (exact) mass is 402 g/mol. The number of amides is 2. The number of ether oxygens (including phenoxy) is 1. The van der Waals surface area contributed by atoms with Gasteiger partial charge in [0.25, 0.3) is 0 Å². The third-order valence-electron chi connectivity index (χ3n) is 4.68. The molecule has 8 heteroatoms. The number of carbonyl (C=O) groups excluding carboxylic acids is 2. The second kappa shape index (κ2) is 8.63. The number of nitrogens with zero attached hydrogens (tertiary/aromatic N) is 3. The van der Waals surface area contributed by atoms with Crippen LogP contribution in [0.1, 0.15) is 38.8 Å². The van der Waals surface area contributed by atoms with Gasteiger partial charge in [0.15, 0.2) is 0 Å². The highest BCUT2D eigenvalue weighted by Gasteiger charge is 2.33. The zero-order chi connectivity index (χ0) is 21.0. The van der Waals surface area contributed by atoms with Gasteiger partial charge in [0, 0.05) is 37.9 Å². The summed E-state index contributed by atoms with van der Waals surface area (Å²) in [7, 11) is 0. The van der Waals surface area contributed by atoms with Crippen molar-refractivity contribution in [1.29, 1.82) is 0 Å². The summed E-state index contributed by atoms with van der Waals surface area (Å²) in [6, 6.07) is 7.80.